The van der Waals surface area contributed by atoms with Crippen molar-refractivity contribution in [2.75, 3.05) is 20.1 Å². The number of rotatable bonds is 3. The second kappa shape index (κ2) is 6.93. The molecule has 4 rings (SSSR count). The maximum Gasteiger partial charge on any atom is 0.263 e. The molecule has 0 spiro atoms. The first kappa shape index (κ1) is 16.8. The third kappa shape index (κ3) is 3.38. The minimum atomic E-state index is 0.180. The highest BCUT2D eigenvalue weighted by molar-refractivity contribution is 7.13. The molecule has 1 aromatic carbocycles. The molecule has 1 fully saturated rings. The lowest BCUT2D eigenvalue weighted by Crippen LogP contribution is -2.51. The number of aryl methyl sites for hydroxylation is 1. The molecule has 0 saturated carbocycles. The molecule has 0 unspecified atom stereocenters. The smallest absolute Gasteiger partial charge is 0.263 e. The summed E-state index contributed by atoms with van der Waals surface area (Å²) in [5, 5.41) is 0. The summed E-state index contributed by atoms with van der Waals surface area (Å²) in [5.74, 6) is 0.180. The number of carbonyl (C=O) groups excluding carboxylic acids is 1. The van der Waals surface area contributed by atoms with Crippen molar-refractivity contribution in [3.63, 3.8) is 0 Å². The van der Waals surface area contributed by atoms with Gasteiger partial charge in [0.15, 0.2) is 0 Å². The number of hydrogen-bond donors (Lipinski definition) is 0. The minimum absolute atomic E-state index is 0.180. The van der Waals surface area contributed by atoms with Crippen molar-refractivity contribution in [2.45, 2.75) is 44.7 Å². The molecule has 2 aliphatic rings. The maximum atomic E-state index is 12.8. The molecular weight excluding hydrogens is 328 g/mol. The van der Waals surface area contributed by atoms with Gasteiger partial charge in [-0.25, -0.2) is 0 Å². The lowest BCUT2D eigenvalue weighted by atomic mass is 10.0. The van der Waals surface area contributed by atoms with Crippen LogP contribution >= 0.6 is 11.3 Å². The summed E-state index contributed by atoms with van der Waals surface area (Å²) >= 11 is 1.60. The van der Waals surface area contributed by atoms with Gasteiger partial charge in [0, 0.05) is 30.6 Å². The highest BCUT2D eigenvalue weighted by Crippen LogP contribution is 2.29. The number of likely N-dealkylation sites (N-methyl/N-ethyl adjacent to an activating group) is 1. The van der Waals surface area contributed by atoms with E-state index < -0.39 is 0 Å². The van der Waals surface area contributed by atoms with Gasteiger partial charge in [-0.1, -0.05) is 24.3 Å². The molecule has 0 radical (unpaired) electrons. The van der Waals surface area contributed by atoms with E-state index in [0.29, 0.717) is 12.1 Å². The van der Waals surface area contributed by atoms with Crippen LogP contribution in [0.2, 0.25) is 0 Å². The summed E-state index contributed by atoms with van der Waals surface area (Å²) in [7, 11) is 1.98. The van der Waals surface area contributed by atoms with Crippen molar-refractivity contribution in [3.05, 3.63) is 57.3 Å². The van der Waals surface area contributed by atoms with Crippen LogP contribution in [0.4, 0.5) is 0 Å². The van der Waals surface area contributed by atoms with Crippen LogP contribution in [-0.2, 0) is 12.8 Å². The Morgan fingerprint density at radius 3 is 2.52 bits per heavy atom. The molecule has 4 heteroatoms. The Labute approximate surface area is 154 Å². The zero-order valence-corrected chi connectivity index (χ0v) is 15.9. The molecule has 1 aromatic heterocycles. The topological polar surface area (TPSA) is 23.6 Å². The van der Waals surface area contributed by atoms with E-state index in [2.05, 4.69) is 36.1 Å². The normalized spacial score (nSPS) is 21.3. The molecule has 2 aromatic rings. The minimum Gasteiger partial charge on any atom is -0.337 e. The zero-order valence-electron chi connectivity index (χ0n) is 15.1. The van der Waals surface area contributed by atoms with Crippen LogP contribution in [0.3, 0.4) is 0 Å². The lowest BCUT2D eigenvalue weighted by Gasteiger charge is -2.40. The van der Waals surface area contributed by atoms with Gasteiger partial charge in [0.25, 0.3) is 5.91 Å². The summed E-state index contributed by atoms with van der Waals surface area (Å²) in [4.78, 5) is 19.5. The van der Waals surface area contributed by atoms with Crippen LogP contribution in [0.15, 0.2) is 36.4 Å². The first-order chi connectivity index (χ1) is 12.1. The average Bonchev–Trinajstić information content (AvgIpc) is 3.26. The number of thiophene rings is 1. The quantitative estimate of drug-likeness (QED) is 0.838. The molecular formula is C21H26N2OS. The molecule has 3 nitrogen and oxygen atoms in total. The van der Waals surface area contributed by atoms with Gasteiger partial charge in [-0.2, -0.15) is 0 Å². The van der Waals surface area contributed by atoms with Crippen molar-refractivity contribution >= 4 is 17.2 Å². The average molecular weight is 355 g/mol. The number of amides is 1. The molecule has 1 saturated heterocycles. The first-order valence-corrected chi connectivity index (χ1v) is 10.1. The molecule has 0 bridgehead atoms. The standard InChI is InChI=1S/C21H26N2OS/c1-15-9-10-20(25-15)21(24)22(2)18-8-5-11-23(14-18)19-12-16-6-3-4-7-17(16)13-19/h3-4,6-7,9-10,18-19H,5,8,11-14H2,1-2H3/t18-/m1/s1. The van der Waals surface area contributed by atoms with Gasteiger partial charge in [0.05, 0.1) is 4.88 Å². The van der Waals surface area contributed by atoms with Crippen molar-refractivity contribution < 1.29 is 4.79 Å². The molecule has 25 heavy (non-hydrogen) atoms. The Morgan fingerprint density at radius 1 is 1.16 bits per heavy atom. The Kier molecular flexibility index (Phi) is 4.65. The van der Waals surface area contributed by atoms with Gasteiger partial charge >= 0.3 is 0 Å². The Morgan fingerprint density at radius 2 is 1.88 bits per heavy atom. The van der Waals surface area contributed by atoms with Crippen molar-refractivity contribution in [1.29, 1.82) is 0 Å². The van der Waals surface area contributed by atoms with Crippen LogP contribution in [0.5, 0.6) is 0 Å². The van der Waals surface area contributed by atoms with E-state index in [1.807, 2.05) is 24.1 Å². The molecule has 1 aliphatic heterocycles. The van der Waals surface area contributed by atoms with Crippen LogP contribution in [0, 0.1) is 6.92 Å². The maximum absolute atomic E-state index is 12.8. The second-order valence-electron chi connectivity index (χ2n) is 7.45. The van der Waals surface area contributed by atoms with Crippen molar-refractivity contribution in [1.82, 2.24) is 9.80 Å². The Bertz CT molecular complexity index is 744. The third-order valence-corrected chi connectivity index (χ3v) is 6.78. The van der Waals surface area contributed by atoms with E-state index in [1.165, 1.54) is 22.4 Å². The van der Waals surface area contributed by atoms with E-state index in [0.717, 1.165) is 37.2 Å². The molecule has 2 heterocycles. The zero-order chi connectivity index (χ0) is 17.4. The van der Waals surface area contributed by atoms with Gasteiger partial charge in [0.1, 0.15) is 0 Å². The number of nitrogens with zero attached hydrogens (tertiary/aromatic N) is 2. The second-order valence-corrected chi connectivity index (χ2v) is 8.74. The highest BCUT2D eigenvalue weighted by Gasteiger charge is 2.33. The number of carbonyl (C=O) groups is 1. The molecule has 1 atom stereocenters. The summed E-state index contributed by atoms with van der Waals surface area (Å²) in [6.45, 7) is 4.22. The van der Waals surface area contributed by atoms with E-state index in [9.17, 15) is 4.79 Å². The Hall–Kier alpha value is -1.65. The predicted molar refractivity (Wildman–Crippen MR) is 103 cm³/mol. The molecule has 132 valence electrons. The van der Waals surface area contributed by atoms with Crippen LogP contribution in [0.25, 0.3) is 0 Å². The predicted octanol–water partition coefficient (Wildman–Crippen LogP) is 3.76. The fourth-order valence-electron chi connectivity index (χ4n) is 4.31. The van der Waals surface area contributed by atoms with Crippen LogP contribution in [-0.4, -0.2) is 47.9 Å². The van der Waals surface area contributed by atoms with Gasteiger partial charge in [0.2, 0.25) is 0 Å². The molecule has 0 N–H and O–H groups in total. The summed E-state index contributed by atoms with van der Waals surface area (Å²) in [6.07, 6.45) is 4.61. The van der Waals surface area contributed by atoms with Gasteiger partial charge in [-0.05, 0) is 62.4 Å². The van der Waals surface area contributed by atoms with E-state index in [4.69, 9.17) is 0 Å². The number of likely N-dealkylation sites (tertiary alicyclic amines) is 1. The SMILES string of the molecule is Cc1ccc(C(=O)N(C)[C@@H]2CCCN(C3Cc4ccccc4C3)C2)s1. The molecule has 1 amide bonds. The fourth-order valence-corrected chi connectivity index (χ4v) is 5.16. The van der Waals surface area contributed by atoms with E-state index in [1.54, 1.807) is 11.3 Å². The largest absolute Gasteiger partial charge is 0.337 e. The number of hydrogen-bond acceptors (Lipinski definition) is 3. The van der Waals surface area contributed by atoms with Gasteiger partial charge in [-0.3, -0.25) is 9.69 Å². The summed E-state index contributed by atoms with van der Waals surface area (Å²) in [5.41, 5.74) is 3.02. The van der Waals surface area contributed by atoms with Crippen LogP contribution in [0.1, 0.15) is 38.5 Å². The third-order valence-electron chi connectivity index (χ3n) is 5.79. The number of piperidine rings is 1. The highest BCUT2D eigenvalue weighted by atomic mass is 32.1. The summed E-state index contributed by atoms with van der Waals surface area (Å²) in [6, 6.07) is 13.8. The fraction of sp³-hybridized carbons (Fsp3) is 0.476. The first-order valence-electron chi connectivity index (χ1n) is 9.26. The van der Waals surface area contributed by atoms with Crippen molar-refractivity contribution in [2.24, 2.45) is 0 Å². The van der Waals surface area contributed by atoms with E-state index in [-0.39, 0.29) is 5.91 Å². The molecule has 1 aliphatic carbocycles. The van der Waals surface area contributed by atoms with Crippen LogP contribution < -0.4 is 0 Å². The van der Waals surface area contributed by atoms with E-state index >= 15 is 0 Å². The van der Waals surface area contributed by atoms with Crippen molar-refractivity contribution in [3.8, 4) is 0 Å². The number of benzene rings is 1. The lowest BCUT2D eigenvalue weighted by molar-refractivity contribution is 0.0559. The Balaban J connectivity index is 1.42. The number of fused-ring (bicyclic) bond motifs is 1. The monoisotopic (exact) mass is 354 g/mol. The van der Waals surface area contributed by atoms with Gasteiger partial charge < -0.3 is 4.90 Å². The summed E-state index contributed by atoms with van der Waals surface area (Å²) < 4.78 is 0. The van der Waals surface area contributed by atoms with Gasteiger partial charge in [-0.15, -0.1) is 11.3 Å².